The highest BCUT2D eigenvalue weighted by atomic mass is 16.7. The summed E-state index contributed by atoms with van der Waals surface area (Å²) >= 11 is 0. The summed E-state index contributed by atoms with van der Waals surface area (Å²) in [4.78, 5) is 41.2. The first-order chi connectivity index (χ1) is 13.1. The first kappa shape index (κ1) is 23.4. The molecule has 28 heavy (non-hydrogen) atoms. The van der Waals surface area contributed by atoms with Gasteiger partial charge in [-0.05, 0) is 39.2 Å². The molecule has 1 aromatic rings. The number of nitrogens with one attached hydrogen (secondary N) is 1. The topological polar surface area (TPSA) is 94.2 Å². The van der Waals surface area contributed by atoms with Crippen molar-refractivity contribution < 1.29 is 28.7 Å². The molecule has 0 saturated carbocycles. The molecule has 0 spiro atoms. The number of carbonyl (C=O) groups is 3. The number of carbonyl (C=O) groups excluding carboxylic acids is 3. The van der Waals surface area contributed by atoms with Gasteiger partial charge in [0.25, 0.3) is 0 Å². The monoisotopic (exact) mass is 394 g/mol. The maximum Gasteiger partial charge on any atom is 0.408 e. The Morgan fingerprint density at radius 1 is 1.14 bits per heavy atom. The van der Waals surface area contributed by atoms with Crippen LogP contribution in [0.4, 0.5) is 4.79 Å². The molecule has 2 amide bonds. The quantitative estimate of drug-likeness (QED) is 0.511. The number of nitrogens with zero attached hydrogens (tertiary/aromatic N) is 1. The van der Waals surface area contributed by atoms with Gasteiger partial charge < -0.3 is 14.8 Å². The van der Waals surface area contributed by atoms with Gasteiger partial charge in [-0.2, -0.15) is 0 Å². The largest absolute Gasteiger partial charge is 0.467 e. The fraction of sp³-hybridized carbons (Fsp3) is 0.550. The average molecular weight is 394 g/mol. The van der Waals surface area contributed by atoms with Crippen molar-refractivity contribution in [3.63, 3.8) is 0 Å². The van der Waals surface area contributed by atoms with E-state index in [1.54, 1.807) is 20.8 Å². The van der Waals surface area contributed by atoms with Gasteiger partial charge in [-0.1, -0.05) is 30.3 Å². The Morgan fingerprint density at radius 3 is 2.32 bits per heavy atom. The van der Waals surface area contributed by atoms with E-state index in [9.17, 15) is 14.4 Å². The van der Waals surface area contributed by atoms with Crippen molar-refractivity contribution in [1.29, 1.82) is 0 Å². The summed E-state index contributed by atoms with van der Waals surface area (Å²) in [6.45, 7) is 7.13. The van der Waals surface area contributed by atoms with Crippen LogP contribution in [0.3, 0.4) is 0 Å². The smallest absolute Gasteiger partial charge is 0.408 e. The molecule has 0 saturated heterocycles. The summed E-state index contributed by atoms with van der Waals surface area (Å²) in [6.07, 6.45) is -0.0134. The van der Waals surface area contributed by atoms with Crippen molar-refractivity contribution in [3.8, 4) is 0 Å². The van der Waals surface area contributed by atoms with Crippen molar-refractivity contribution in [2.75, 3.05) is 13.7 Å². The predicted molar refractivity (Wildman–Crippen MR) is 103 cm³/mol. The molecule has 1 N–H and O–H groups in total. The average Bonchev–Trinajstić information content (AvgIpc) is 2.61. The van der Waals surface area contributed by atoms with Gasteiger partial charge in [-0.25, -0.2) is 14.7 Å². The highest BCUT2D eigenvalue weighted by Crippen LogP contribution is 2.10. The second-order valence-corrected chi connectivity index (χ2v) is 7.24. The Balaban J connectivity index is 2.55. The lowest BCUT2D eigenvalue weighted by molar-refractivity contribution is -0.189. The molecular formula is C20H30N2O6. The summed E-state index contributed by atoms with van der Waals surface area (Å²) in [5.41, 5.74) is 0.259. The molecule has 1 atom stereocenters. The molecule has 1 aromatic carbocycles. The van der Waals surface area contributed by atoms with E-state index in [0.717, 1.165) is 5.56 Å². The van der Waals surface area contributed by atoms with Crippen molar-refractivity contribution in [1.82, 2.24) is 10.4 Å². The van der Waals surface area contributed by atoms with Crippen LogP contribution in [0.2, 0.25) is 0 Å². The Kier molecular flexibility index (Phi) is 9.44. The number of alkyl carbamates (subject to hydrolysis) is 1. The molecule has 0 aliphatic carbocycles. The van der Waals surface area contributed by atoms with Crippen LogP contribution in [0.25, 0.3) is 0 Å². The van der Waals surface area contributed by atoms with E-state index < -0.39 is 23.7 Å². The number of hydrogen-bond donors (Lipinski definition) is 1. The highest BCUT2D eigenvalue weighted by Gasteiger charge is 2.25. The molecule has 8 heteroatoms. The Morgan fingerprint density at radius 2 is 1.79 bits per heavy atom. The molecule has 8 nitrogen and oxygen atoms in total. The van der Waals surface area contributed by atoms with Gasteiger partial charge in [-0.15, -0.1) is 0 Å². The van der Waals surface area contributed by atoms with E-state index in [1.807, 2.05) is 30.3 Å². The molecule has 156 valence electrons. The fourth-order valence-electron chi connectivity index (χ4n) is 2.32. The summed E-state index contributed by atoms with van der Waals surface area (Å²) in [5, 5.41) is 3.75. The number of esters is 1. The number of amides is 2. The van der Waals surface area contributed by atoms with Crippen LogP contribution in [-0.4, -0.2) is 48.3 Å². The second kappa shape index (κ2) is 11.3. The zero-order valence-corrected chi connectivity index (χ0v) is 17.2. The lowest BCUT2D eigenvalue weighted by Gasteiger charge is -2.24. The minimum Gasteiger partial charge on any atom is -0.467 e. The second-order valence-electron chi connectivity index (χ2n) is 7.24. The van der Waals surface area contributed by atoms with Gasteiger partial charge >= 0.3 is 12.1 Å². The van der Waals surface area contributed by atoms with Crippen molar-refractivity contribution in [3.05, 3.63) is 35.9 Å². The predicted octanol–water partition coefficient (Wildman–Crippen LogP) is 2.81. The Hall–Kier alpha value is -2.61. The van der Waals surface area contributed by atoms with Crippen LogP contribution in [0, 0.1) is 0 Å². The molecule has 0 aromatic heterocycles. The minimum atomic E-state index is -0.872. The summed E-state index contributed by atoms with van der Waals surface area (Å²) in [6, 6.07) is 8.60. The van der Waals surface area contributed by atoms with Crippen molar-refractivity contribution in [2.45, 2.75) is 58.8 Å². The van der Waals surface area contributed by atoms with Crippen molar-refractivity contribution >= 4 is 18.0 Å². The third kappa shape index (κ3) is 9.36. The number of hydrogen-bond acceptors (Lipinski definition) is 6. The molecular weight excluding hydrogens is 364 g/mol. The lowest BCUT2D eigenvalue weighted by Crippen LogP contribution is -2.44. The first-order valence-electron chi connectivity index (χ1n) is 9.14. The number of hydroxylamine groups is 2. The molecule has 0 aliphatic rings. The van der Waals surface area contributed by atoms with Gasteiger partial charge in [0, 0.05) is 13.5 Å². The summed E-state index contributed by atoms with van der Waals surface area (Å²) < 4.78 is 9.90. The number of ether oxygens (including phenoxy) is 2. The van der Waals surface area contributed by atoms with Crippen LogP contribution in [0.5, 0.6) is 0 Å². The standard InChI is InChI=1S/C20H30N2O6/c1-15(23)22(27-14-16-10-7-6-8-11-16)13-9-12-17(18(24)26-5)21-19(25)28-20(2,3)4/h6-8,10-11,17H,9,12-14H2,1-5H3,(H,21,25)/t17-/m0/s1. The SMILES string of the molecule is COC(=O)[C@H](CCCN(OCc1ccccc1)C(C)=O)NC(=O)OC(C)(C)C. The third-order valence-corrected chi connectivity index (χ3v) is 3.61. The number of methoxy groups -OCH3 is 1. The first-order valence-corrected chi connectivity index (χ1v) is 9.14. The van der Waals surface area contributed by atoms with E-state index in [-0.39, 0.29) is 25.5 Å². The lowest BCUT2D eigenvalue weighted by atomic mass is 10.1. The van der Waals surface area contributed by atoms with Gasteiger partial charge in [0.1, 0.15) is 18.2 Å². The van der Waals surface area contributed by atoms with Crippen LogP contribution < -0.4 is 5.32 Å². The van der Waals surface area contributed by atoms with E-state index in [2.05, 4.69) is 5.32 Å². The Bertz CT molecular complexity index is 642. The molecule has 1 rings (SSSR count). The molecule has 0 fully saturated rings. The number of rotatable bonds is 9. The minimum absolute atomic E-state index is 0.245. The van der Waals surface area contributed by atoms with Gasteiger partial charge in [0.2, 0.25) is 5.91 Å². The molecule has 0 radical (unpaired) electrons. The van der Waals surface area contributed by atoms with E-state index in [1.165, 1.54) is 19.1 Å². The molecule has 0 bridgehead atoms. The zero-order chi connectivity index (χ0) is 21.2. The summed E-state index contributed by atoms with van der Waals surface area (Å²) in [7, 11) is 1.25. The van der Waals surface area contributed by atoms with Gasteiger partial charge in [0.05, 0.1) is 7.11 Å². The normalized spacial score (nSPS) is 12.0. The molecule has 0 aliphatic heterocycles. The fourth-order valence-corrected chi connectivity index (χ4v) is 2.32. The van der Waals surface area contributed by atoms with E-state index >= 15 is 0 Å². The van der Waals surface area contributed by atoms with Crippen LogP contribution in [0.15, 0.2) is 30.3 Å². The Labute approximate surface area is 166 Å². The van der Waals surface area contributed by atoms with Crippen LogP contribution >= 0.6 is 0 Å². The number of benzene rings is 1. The maximum atomic E-state index is 11.9. The third-order valence-electron chi connectivity index (χ3n) is 3.61. The zero-order valence-electron chi connectivity index (χ0n) is 17.2. The van der Waals surface area contributed by atoms with Gasteiger partial charge in [-0.3, -0.25) is 9.63 Å². The van der Waals surface area contributed by atoms with Crippen LogP contribution in [-0.2, 0) is 30.5 Å². The molecule has 0 heterocycles. The van der Waals surface area contributed by atoms with E-state index in [0.29, 0.717) is 6.42 Å². The van der Waals surface area contributed by atoms with Gasteiger partial charge in [0.15, 0.2) is 0 Å². The maximum absolute atomic E-state index is 11.9. The highest BCUT2D eigenvalue weighted by molar-refractivity contribution is 5.81. The molecule has 0 unspecified atom stereocenters. The van der Waals surface area contributed by atoms with E-state index in [4.69, 9.17) is 14.3 Å². The summed E-state index contributed by atoms with van der Waals surface area (Å²) in [5.74, 6) is -0.823. The van der Waals surface area contributed by atoms with Crippen molar-refractivity contribution in [2.24, 2.45) is 0 Å². The van der Waals surface area contributed by atoms with Crippen LogP contribution in [0.1, 0.15) is 46.1 Å².